The third-order valence-corrected chi connectivity index (χ3v) is 2.46. The smallest absolute Gasteiger partial charge is 0.245 e. The highest BCUT2D eigenvalue weighted by Gasteiger charge is 2.04. The molecule has 1 heterocycles. The lowest BCUT2D eigenvalue weighted by atomic mass is 10.3. The summed E-state index contributed by atoms with van der Waals surface area (Å²) < 4.78 is 10.0. The maximum absolute atomic E-state index is 6.00. The number of methoxy groups -OCH3 is 1. The van der Waals surface area contributed by atoms with Gasteiger partial charge in [-0.25, -0.2) is 0 Å². The second-order valence-corrected chi connectivity index (χ2v) is 3.85. The number of rotatable bonds is 4. The van der Waals surface area contributed by atoms with Crippen molar-refractivity contribution in [3.05, 3.63) is 34.9 Å². The minimum atomic E-state index is 0.462. The van der Waals surface area contributed by atoms with Crippen molar-refractivity contribution >= 4 is 17.3 Å². The molecule has 1 aromatic heterocycles. The molecule has 90 valence electrons. The monoisotopic (exact) mass is 253 g/mol. The van der Waals surface area contributed by atoms with Gasteiger partial charge in [0.2, 0.25) is 5.89 Å². The molecule has 0 aliphatic rings. The fourth-order valence-corrected chi connectivity index (χ4v) is 1.62. The quantitative estimate of drug-likeness (QED) is 0.908. The van der Waals surface area contributed by atoms with Gasteiger partial charge in [0.1, 0.15) is 5.75 Å². The molecular formula is C11H12ClN3O2. The second-order valence-electron chi connectivity index (χ2n) is 3.44. The fraction of sp³-hybridized carbons (Fsp3) is 0.273. The summed E-state index contributed by atoms with van der Waals surface area (Å²) in [6.45, 7) is 2.24. The van der Waals surface area contributed by atoms with Gasteiger partial charge in [-0.2, -0.15) is 4.98 Å². The zero-order valence-electron chi connectivity index (χ0n) is 9.53. The maximum atomic E-state index is 6.00. The van der Waals surface area contributed by atoms with E-state index in [9.17, 15) is 0 Å². The minimum absolute atomic E-state index is 0.462. The van der Waals surface area contributed by atoms with Gasteiger partial charge in [0, 0.05) is 5.69 Å². The number of nitrogens with one attached hydrogen (secondary N) is 1. The van der Waals surface area contributed by atoms with Crippen LogP contribution in [0.25, 0.3) is 0 Å². The first kappa shape index (κ1) is 11.7. The third-order valence-electron chi connectivity index (χ3n) is 2.17. The van der Waals surface area contributed by atoms with Crippen LogP contribution in [-0.2, 0) is 6.54 Å². The Morgan fingerprint density at radius 3 is 2.88 bits per heavy atom. The van der Waals surface area contributed by atoms with Gasteiger partial charge in [-0.05, 0) is 25.1 Å². The van der Waals surface area contributed by atoms with Crippen LogP contribution in [0.15, 0.2) is 22.7 Å². The molecule has 0 bridgehead atoms. The number of anilines is 1. The average molecular weight is 254 g/mol. The molecule has 0 fully saturated rings. The Kier molecular flexibility index (Phi) is 3.49. The van der Waals surface area contributed by atoms with Crippen LogP contribution >= 0.6 is 11.6 Å². The highest BCUT2D eigenvalue weighted by molar-refractivity contribution is 6.32. The van der Waals surface area contributed by atoms with Crippen LogP contribution in [0.2, 0.25) is 5.02 Å². The molecule has 2 aromatic rings. The first-order valence-electron chi connectivity index (χ1n) is 5.05. The SMILES string of the molecule is COc1ccc(NCc2nc(C)no2)cc1Cl. The number of aromatic nitrogens is 2. The molecule has 6 heteroatoms. The zero-order valence-corrected chi connectivity index (χ0v) is 10.3. The Hall–Kier alpha value is -1.75. The molecule has 0 aliphatic heterocycles. The number of ether oxygens (including phenoxy) is 1. The van der Waals surface area contributed by atoms with Crippen LogP contribution in [0.1, 0.15) is 11.7 Å². The van der Waals surface area contributed by atoms with Crippen molar-refractivity contribution in [1.82, 2.24) is 10.1 Å². The summed E-state index contributed by atoms with van der Waals surface area (Å²) in [5.74, 6) is 1.80. The highest BCUT2D eigenvalue weighted by Crippen LogP contribution is 2.27. The summed E-state index contributed by atoms with van der Waals surface area (Å²) in [6.07, 6.45) is 0. The van der Waals surface area contributed by atoms with E-state index in [1.807, 2.05) is 6.07 Å². The molecule has 0 radical (unpaired) electrons. The standard InChI is InChI=1S/C11H12ClN3O2/c1-7-14-11(17-15-7)6-13-8-3-4-10(16-2)9(12)5-8/h3-5,13H,6H2,1-2H3. The molecule has 0 atom stereocenters. The van der Waals surface area contributed by atoms with Crippen molar-refractivity contribution in [2.75, 3.05) is 12.4 Å². The van der Waals surface area contributed by atoms with Gasteiger partial charge in [0.25, 0.3) is 0 Å². The predicted octanol–water partition coefficient (Wildman–Crippen LogP) is 2.65. The Balaban J connectivity index is 2.02. The van der Waals surface area contributed by atoms with Crippen molar-refractivity contribution in [3.63, 3.8) is 0 Å². The summed E-state index contributed by atoms with van der Waals surface area (Å²) in [4.78, 5) is 4.08. The normalized spacial score (nSPS) is 10.3. The molecule has 2 rings (SSSR count). The van der Waals surface area contributed by atoms with Gasteiger partial charge in [-0.1, -0.05) is 16.8 Å². The molecule has 1 N–H and O–H groups in total. The van der Waals surface area contributed by atoms with E-state index < -0.39 is 0 Å². The summed E-state index contributed by atoms with van der Waals surface area (Å²) in [6, 6.07) is 5.45. The van der Waals surface area contributed by atoms with E-state index in [0.717, 1.165) is 5.69 Å². The van der Waals surface area contributed by atoms with E-state index in [1.54, 1.807) is 26.2 Å². The Labute approximate surface area is 104 Å². The third kappa shape index (κ3) is 2.88. The number of nitrogens with zero attached hydrogens (tertiary/aromatic N) is 2. The molecule has 1 aromatic carbocycles. The lowest BCUT2D eigenvalue weighted by molar-refractivity contribution is 0.379. The van der Waals surface area contributed by atoms with E-state index in [-0.39, 0.29) is 0 Å². The van der Waals surface area contributed by atoms with Gasteiger partial charge >= 0.3 is 0 Å². The van der Waals surface area contributed by atoms with Crippen LogP contribution < -0.4 is 10.1 Å². The van der Waals surface area contributed by atoms with Crippen molar-refractivity contribution in [2.24, 2.45) is 0 Å². The van der Waals surface area contributed by atoms with E-state index in [2.05, 4.69) is 15.5 Å². The number of hydrogen-bond acceptors (Lipinski definition) is 5. The first-order valence-corrected chi connectivity index (χ1v) is 5.43. The second kappa shape index (κ2) is 5.05. The summed E-state index contributed by atoms with van der Waals surface area (Å²) in [5.41, 5.74) is 0.867. The van der Waals surface area contributed by atoms with Crippen LogP contribution in [0.3, 0.4) is 0 Å². The van der Waals surface area contributed by atoms with Crippen molar-refractivity contribution in [3.8, 4) is 5.75 Å². The van der Waals surface area contributed by atoms with E-state index in [1.165, 1.54) is 0 Å². The van der Waals surface area contributed by atoms with Crippen LogP contribution in [0, 0.1) is 6.92 Å². The molecule has 0 aliphatic carbocycles. The van der Waals surface area contributed by atoms with Crippen LogP contribution in [-0.4, -0.2) is 17.3 Å². The molecule has 0 unspecified atom stereocenters. The van der Waals surface area contributed by atoms with Gasteiger partial charge < -0.3 is 14.6 Å². The molecule has 17 heavy (non-hydrogen) atoms. The fourth-order valence-electron chi connectivity index (χ4n) is 1.37. The number of benzene rings is 1. The van der Waals surface area contributed by atoms with Crippen LogP contribution in [0.4, 0.5) is 5.69 Å². The molecule has 5 nitrogen and oxygen atoms in total. The molecule has 0 saturated carbocycles. The molecular weight excluding hydrogens is 242 g/mol. The number of aryl methyl sites for hydroxylation is 1. The van der Waals surface area contributed by atoms with E-state index in [0.29, 0.717) is 29.0 Å². The Bertz CT molecular complexity index is 513. The zero-order chi connectivity index (χ0) is 12.3. The molecule has 0 saturated heterocycles. The number of halogens is 1. The summed E-state index contributed by atoms with van der Waals surface area (Å²) in [7, 11) is 1.58. The highest BCUT2D eigenvalue weighted by atomic mass is 35.5. The van der Waals surface area contributed by atoms with Crippen molar-refractivity contribution in [1.29, 1.82) is 0 Å². The molecule has 0 amide bonds. The lowest BCUT2D eigenvalue weighted by Gasteiger charge is -2.06. The van der Waals surface area contributed by atoms with E-state index >= 15 is 0 Å². The Morgan fingerprint density at radius 1 is 1.47 bits per heavy atom. The van der Waals surface area contributed by atoms with Gasteiger partial charge in [0.05, 0.1) is 18.7 Å². The molecule has 0 spiro atoms. The van der Waals surface area contributed by atoms with E-state index in [4.69, 9.17) is 20.9 Å². The van der Waals surface area contributed by atoms with Gasteiger partial charge in [-0.3, -0.25) is 0 Å². The first-order chi connectivity index (χ1) is 8.19. The van der Waals surface area contributed by atoms with Crippen molar-refractivity contribution < 1.29 is 9.26 Å². The summed E-state index contributed by atoms with van der Waals surface area (Å²) >= 11 is 6.00. The minimum Gasteiger partial charge on any atom is -0.495 e. The number of hydrogen-bond donors (Lipinski definition) is 1. The topological polar surface area (TPSA) is 60.2 Å². The largest absolute Gasteiger partial charge is 0.495 e. The van der Waals surface area contributed by atoms with Gasteiger partial charge in [-0.15, -0.1) is 0 Å². The van der Waals surface area contributed by atoms with Crippen molar-refractivity contribution in [2.45, 2.75) is 13.5 Å². The summed E-state index contributed by atoms with van der Waals surface area (Å²) in [5, 5.41) is 7.39. The average Bonchev–Trinajstić information content (AvgIpc) is 2.73. The maximum Gasteiger partial charge on any atom is 0.245 e. The lowest BCUT2D eigenvalue weighted by Crippen LogP contribution is -1.99. The van der Waals surface area contributed by atoms with Gasteiger partial charge in [0.15, 0.2) is 5.82 Å². The van der Waals surface area contributed by atoms with Crippen LogP contribution in [0.5, 0.6) is 5.75 Å². The predicted molar refractivity (Wildman–Crippen MR) is 64.4 cm³/mol. The Morgan fingerprint density at radius 2 is 2.29 bits per heavy atom.